The second-order valence-electron chi connectivity index (χ2n) is 5.37. The van der Waals surface area contributed by atoms with Crippen LogP contribution in [0.1, 0.15) is 23.6 Å². The molecule has 4 heteroatoms. The summed E-state index contributed by atoms with van der Waals surface area (Å²) in [5.41, 5.74) is 8.57. The van der Waals surface area contributed by atoms with E-state index in [1.807, 2.05) is 0 Å². The predicted octanol–water partition coefficient (Wildman–Crippen LogP) is 2.73. The van der Waals surface area contributed by atoms with E-state index in [4.69, 9.17) is 10.5 Å². The largest absolute Gasteiger partial charge is 0.384 e. The number of nitrogens with two attached hydrogens (primary N) is 1. The molecule has 0 saturated carbocycles. The lowest BCUT2D eigenvalue weighted by Crippen LogP contribution is -2.32. The first-order chi connectivity index (χ1) is 9.15. The van der Waals surface area contributed by atoms with Crippen molar-refractivity contribution in [3.63, 3.8) is 0 Å². The molecule has 1 aromatic carbocycles. The van der Waals surface area contributed by atoms with E-state index in [1.165, 1.54) is 17.5 Å². The maximum Gasteiger partial charge on any atom is 0.0503 e. The lowest BCUT2D eigenvalue weighted by Gasteiger charge is -2.27. The van der Waals surface area contributed by atoms with Crippen molar-refractivity contribution in [2.24, 2.45) is 11.7 Å². The summed E-state index contributed by atoms with van der Waals surface area (Å²) >= 11 is 3.61. The highest BCUT2D eigenvalue weighted by molar-refractivity contribution is 9.10. The quantitative estimate of drug-likeness (QED) is 0.904. The van der Waals surface area contributed by atoms with E-state index in [1.54, 1.807) is 7.11 Å². The molecule has 106 valence electrons. The topological polar surface area (TPSA) is 38.5 Å². The Balaban J connectivity index is 2.09. The molecular weight excluding hydrogens is 304 g/mol. The molecule has 0 spiro atoms. The smallest absolute Gasteiger partial charge is 0.0503 e. The number of hydrogen-bond acceptors (Lipinski definition) is 3. The number of hydrogen-bond donors (Lipinski definition) is 1. The van der Waals surface area contributed by atoms with Crippen LogP contribution in [0.3, 0.4) is 0 Å². The molecule has 1 fully saturated rings. The SMILES string of the molecule is COCC1CCN(C(CN)c2ccc(C)c(Br)c2)C1. The van der Waals surface area contributed by atoms with Gasteiger partial charge in [0.15, 0.2) is 0 Å². The number of rotatable bonds is 5. The third-order valence-corrected chi connectivity index (χ3v) is 4.82. The average Bonchev–Trinajstić information content (AvgIpc) is 2.83. The molecule has 1 saturated heterocycles. The van der Waals surface area contributed by atoms with Crippen molar-refractivity contribution in [2.45, 2.75) is 19.4 Å². The minimum Gasteiger partial charge on any atom is -0.384 e. The van der Waals surface area contributed by atoms with Gasteiger partial charge in [-0.05, 0) is 43.0 Å². The molecule has 2 unspecified atom stereocenters. The lowest BCUT2D eigenvalue weighted by atomic mass is 10.0. The Labute approximate surface area is 124 Å². The Bertz CT molecular complexity index is 425. The van der Waals surface area contributed by atoms with Gasteiger partial charge in [0.2, 0.25) is 0 Å². The zero-order valence-electron chi connectivity index (χ0n) is 11.7. The molecule has 2 rings (SSSR count). The van der Waals surface area contributed by atoms with Crippen LogP contribution in [-0.4, -0.2) is 38.3 Å². The van der Waals surface area contributed by atoms with E-state index >= 15 is 0 Å². The van der Waals surface area contributed by atoms with Crippen LogP contribution in [0.15, 0.2) is 22.7 Å². The van der Waals surface area contributed by atoms with Crippen molar-refractivity contribution >= 4 is 15.9 Å². The zero-order valence-corrected chi connectivity index (χ0v) is 13.3. The first-order valence-corrected chi connectivity index (χ1v) is 7.64. The molecule has 19 heavy (non-hydrogen) atoms. The monoisotopic (exact) mass is 326 g/mol. The Morgan fingerprint density at radius 3 is 2.95 bits per heavy atom. The van der Waals surface area contributed by atoms with Gasteiger partial charge in [0, 0.05) is 30.7 Å². The summed E-state index contributed by atoms with van der Waals surface area (Å²) in [4.78, 5) is 2.49. The number of halogens is 1. The highest BCUT2D eigenvalue weighted by Gasteiger charge is 2.28. The third kappa shape index (κ3) is 3.57. The number of benzene rings is 1. The van der Waals surface area contributed by atoms with Gasteiger partial charge in [-0.2, -0.15) is 0 Å². The number of aryl methyl sites for hydroxylation is 1. The Kier molecular flexibility index (Phi) is 5.39. The normalized spacial score (nSPS) is 21.8. The lowest BCUT2D eigenvalue weighted by molar-refractivity contribution is 0.147. The average molecular weight is 327 g/mol. The van der Waals surface area contributed by atoms with Crippen molar-refractivity contribution in [3.05, 3.63) is 33.8 Å². The summed E-state index contributed by atoms with van der Waals surface area (Å²) in [5.74, 6) is 0.646. The van der Waals surface area contributed by atoms with Crippen LogP contribution in [-0.2, 0) is 4.74 Å². The molecule has 1 aliphatic heterocycles. The third-order valence-electron chi connectivity index (χ3n) is 3.96. The van der Waals surface area contributed by atoms with Crippen molar-refractivity contribution in [1.82, 2.24) is 4.90 Å². The standard InChI is InChI=1S/C15H23BrN2O/c1-11-3-4-13(7-14(11)16)15(8-17)18-6-5-12(9-18)10-19-2/h3-4,7,12,15H,5-6,8-10,17H2,1-2H3. The van der Waals surface area contributed by atoms with Crippen LogP contribution in [0, 0.1) is 12.8 Å². The summed E-state index contributed by atoms with van der Waals surface area (Å²) in [7, 11) is 1.78. The van der Waals surface area contributed by atoms with Gasteiger partial charge in [-0.1, -0.05) is 28.1 Å². The summed E-state index contributed by atoms with van der Waals surface area (Å²) in [5, 5.41) is 0. The summed E-state index contributed by atoms with van der Waals surface area (Å²) in [6.45, 7) is 5.82. The predicted molar refractivity (Wildman–Crippen MR) is 82.2 cm³/mol. The van der Waals surface area contributed by atoms with E-state index in [0.717, 1.165) is 24.2 Å². The summed E-state index contributed by atoms with van der Waals surface area (Å²) in [6.07, 6.45) is 1.21. The fraction of sp³-hybridized carbons (Fsp3) is 0.600. The van der Waals surface area contributed by atoms with Gasteiger partial charge < -0.3 is 10.5 Å². The fourth-order valence-corrected chi connectivity index (χ4v) is 3.23. The first kappa shape index (κ1) is 15.0. The molecular formula is C15H23BrN2O. The molecule has 0 aliphatic carbocycles. The molecule has 0 aromatic heterocycles. The van der Waals surface area contributed by atoms with E-state index < -0.39 is 0 Å². The van der Waals surface area contributed by atoms with E-state index in [-0.39, 0.29) is 0 Å². The molecule has 1 aromatic rings. The molecule has 1 aliphatic rings. The van der Waals surface area contributed by atoms with Crippen molar-refractivity contribution < 1.29 is 4.74 Å². The number of likely N-dealkylation sites (tertiary alicyclic amines) is 1. The van der Waals surface area contributed by atoms with Crippen molar-refractivity contribution in [2.75, 3.05) is 33.4 Å². The second-order valence-corrected chi connectivity index (χ2v) is 6.22. The van der Waals surface area contributed by atoms with E-state index in [2.05, 4.69) is 46.0 Å². The molecule has 0 bridgehead atoms. The van der Waals surface area contributed by atoms with Gasteiger partial charge in [0.05, 0.1) is 6.61 Å². The van der Waals surface area contributed by atoms with Crippen LogP contribution >= 0.6 is 15.9 Å². The highest BCUT2D eigenvalue weighted by Crippen LogP contribution is 2.29. The molecule has 0 amide bonds. The minimum atomic E-state index is 0.318. The molecule has 0 radical (unpaired) electrons. The number of methoxy groups -OCH3 is 1. The fourth-order valence-electron chi connectivity index (χ4n) is 2.83. The maximum atomic E-state index is 6.00. The number of ether oxygens (including phenoxy) is 1. The molecule has 2 atom stereocenters. The van der Waals surface area contributed by atoms with Crippen molar-refractivity contribution in [1.29, 1.82) is 0 Å². The summed E-state index contributed by atoms with van der Waals surface area (Å²) < 4.78 is 6.43. The van der Waals surface area contributed by atoms with Crippen LogP contribution < -0.4 is 5.73 Å². The zero-order chi connectivity index (χ0) is 13.8. The van der Waals surface area contributed by atoms with Gasteiger partial charge in [-0.15, -0.1) is 0 Å². The van der Waals surface area contributed by atoms with Gasteiger partial charge in [0.25, 0.3) is 0 Å². The van der Waals surface area contributed by atoms with E-state index in [9.17, 15) is 0 Å². The van der Waals surface area contributed by atoms with Crippen LogP contribution in [0.4, 0.5) is 0 Å². The minimum absolute atomic E-state index is 0.318. The van der Waals surface area contributed by atoms with Crippen LogP contribution in [0.2, 0.25) is 0 Å². The first-order valence-electron chi connectivity index (χ1n) is 6.84. The van der Waals surface area contributed by atoms with Gasteiger partial charge in [-0.25, -0.2) is 0 Å². The molecule has 2 N–H and O–H groups in total. The Morgan fingerprint density at radius 1 is 1.53 bits per heavy atom. The Morgan fingerprint density at radius 2 is 2.32 bits per heavy atom. The van der Waals surface area contributed by atoms with Gasteiger partial charge in [-0.3, -0.25) is 4.90 Å². The van der Waals surface area contributed by atoms with Gasteiger partial charge in [0.1, 0.15) is 0 Å². The highest BCUT2D eigenvalue weighted by atomic mass is 79.9. The van der Waals surface area contributed by atoms with Crippen LogP contribution in [0.5, 0.6) is 0 Å². The maximum absolute atomic E-state index is 6.00. The second kappa shape index (κ2) is 6.84. The summed E-state index contributed by atoms with van der Waals surface area (Å²) in [6, 6.07) is 6.88. The van der Waals surface area contributed by atoms with E-state index in [0.29, 0.717) is 18.5 Å². The Hall–Kier alpha value is -0.420. The molecule has 1 heterocycles. The number of nitrogens with zero attached hydrogens (tertiary/aromatic N) is 1. The van der Waals surface area contributed by atoms with Crippen molar-refractivity contribution in [3.8, 4) is 0 Å². The molecule has 3 nitrogen and oxygen atoms in total. The van der Waals surface area contributed by atoms with Gasteiger partial charge >= 0.3 is 0 Å². The van der Waals surface area contributed by atoms with Crippen LogP contribution in [0.25, 0.3) is 0 Å².